The van der Waals surface area contributed by atoms with Gasteiger partial charge in [0.1, 0.15) is 5.75 Å². The molecule has 0 amide bonds. The van der Waals surface area contributed by atoms with Gasteiger partial charge < -0.3 is 14.8 Å². The van der Waals surface area contributed by atoms with E-state index in [1.54, 1.807) is 19.2 Å². The number of nitrogens with one attached hydrogen (secondary N) is 1. The van der Waals surface area contributed by atoms with E-state index in [1.807, 2.05) is 30.3 Å². The Morgan fingerprint density at radius 3 is 2.50 bits per heavy atom. The highest BCUT2D eigenvalue weighted by Gasteiger charge is 2.04. The molecule has 0 saturated heterocycles. The van der Waals surface area contributed by atoms with E-state index in [0.717, 1.165) is 30.8 Å². The van der Waals surface area contributed by atoms with E-state index in [2.05, 4.69) is 16.1 Å². The topological polar surface area (TPSA) is 47.6 Å². The zero-order valence-electron chi connectivity index (χ0n) is 13.0. The molecule has 22 heavy (non-hydrogen) atoms. The molecule has 0 aliphatic rings. The minimum Gasteiger partial charge on any atom is -0.497 e. The van der Waals surface area contributed by atoms with Crippen molar-refractivity contribution in [1.29, 1.82) is 0 Å². The number of ether oxygens (including phenoxy) is 2. The Labute approximate surface area is 131 Å². The first kappa shape index (κ1) is 16.0. The Kier molecular flexibility index (Phi) is 5.98. The van der Waals surface area contributed by atoms with Gasteiger partial charge in [-0.3, -0.25) is 0 Å². The van der Waals surface area contributed by atoms with Gasteiger partial charge in [-0.1, -0.05) is 24.3 Å². The van der Waals surface area contributed by atoms with Crippen LogP contribution in [0.15, 0.2) is 48.5 Å². The van der Waals surface area contributed by atoms with Crippen molar-refractivity contribution in [3.05, 3.63) is 65.2 Å². The third kappa shape index (κ3) is 4.60. The summed E-state index contributed by atoms with van der Waals surface area (Å²) in [7, 11) is 3.06. The Bertz CT molecular complexity index is 608. The minimum atomic E-state index is -0.308. The molecule has 0 saturated carbocycles. The summed E-state index contributed by atoms with van der Waals surface area (Å²) >= 11 is 0. The zero-order valence-corrected chi connectivity index (χ0v) is 13.0. The van der Waals surface area contributed by atoms with Gasteiger partial charge in [-0.2, -0.15) is 0 Å². The van der Waals surface area contributed by atoms with E-state index in [-0.39, 0.29) is 5.97 Å². The van der Waals surface area contributed by atoms with E-state index in [0.29, 0.717) is 5.56 Å². The second-order valence-corrected chi connectivity index (χ2v) is 4.97. The van der Waals surface area contributed by atoms with Crippen LogP contribution in [0.3, 0.4) is 0 Å². The van der Waals surface area contributed by atoms with Gasteiger partial charge in [0.25, 0.3) is 0 Å². The van der Waals surface area contributed by atoms with Gasteiger partial charge in [-0.15, -0.1) is 0 Å². The largest absolute Gasteiger partial charge is 0.497 e. The molecule has 0 atom stereocenters. The van der Waals surface area contributed by atoms with Crippen molar-refractivity contribution in [1.82, 2.24) is 5.32 Å². The maximum absolute atomic E-state index is 11.3. The predicted octanol–water partition coefficient (Wildman–Crippen LogP) is 2.81. The Balaban J connectivity index is 1.77. The van der Waals surface area contributed by atoms with Crippen LogP contribution in [0.25, 0.3) is 0 Å². The number of esters is 1. The number of methoxy groups -OCH3 is 2. The molecule has 4 heteroatoms. The summed E-state index contributed by atoms with van der Waals surface area (Å²) in [6.07, 6.45) is 0.942. The monoisotopic (exact) mass is 299 g/mol. The van der Waals surface area contributed by atoms with Gasteiger partial charge in [0.2, 0.25) is 0 Å². The lowest BCUT2D eigenvalue weighted by Gasteiger charge is -2.07. The molecule has 0 aliphatic carbocycles. The zero-order chi connectivity index (χ0) is 15.8. The quantitative estimate of drug-likeness (QED) is 0.631. The molecule has 0 spiro atoms. The van der Waals surface area contributed by atoms with Crippen LogP contribution < -0.4 is 10.1 Å². The second kappa shape index (κ2) is 8.20. The van der Waals surface area contributed by atoms with Crippen molar-refractivity contribution in [3.8, 4) is 5.75 Å². The maximum Gasteiger partial charge on any atom is 0.337 e. The highest BCUT2D eigenvalue weighted by atomic mass is 16.5. The van der Waals surface area contributed by atoms with Crippen LogP contribution in [-0.2, 0) is 17.7 Å². The molecule has 0 heterocycles. The molecule has 0 unspecified atom stereocenters. The van der Waals surface area contributed by atoms with E-state index >= 15 is 0 Å². The third-order valence-corrected chi connectivity index (χ3v) is 3.43. The van der Waals surface area contributed by atoms with Crippen molar-refractivity contribution >= 4 is 5.97 Å². The van der Waals surface area contributed by atoms with Gasteiger partial charge in [0.15, 0.2) is 0 Å². The minimum absolute atomic E-state index is 0.308. The van der Waals surface area contributed by atoms with E-state index < -0.39 is 0 Å². The first-order chi connectivity index (χ1) is 10.7. The summed E-state index contributed by atoms with van der Waals surface area (Å²) in [5.74, 6) is 0.577. The van der Waals surface area contributed by atoms with E-state index in [9.17, 15) is 4.79 Å². The molecule has 0 radical (unpaired) electrons. The molecule has 2 aromatic rings. The molecular formula is C18H21NO3. The van der Waals surface area contributed by atoms with Crippen LogP contribution in [0.5, 0.6) is 5.75 Å². The Hall–Kier alpha value is -2.33. The molecular weight excluding hydrogens is 278 g/mol. The van der Waals surface area contributed by atoms with Gasteiger partial charge >= 0.3 is 5.97 Å². The molecule has 0 aliphatic heterocycles. The molecule has 1 N–H and O–H groups in total. The van der Waals surface area contributed by atoms with Crippen LogP contribution in [0, 0.1) is 0 Å². The Morgan fingerprint density at radius 1 is 1.05 bits per heavy atom. The molecule has 0 fully saturated rings. The van der Waals surface area contributed by atoms with Crippen LogP contribution in [0.4, 0.5) is 0 Å². The molecule has 0 bridgehead atoms. The van der Waals surface area contributed by atoms with Crippen LogP contribution in [-0.4, -0.2) is 26.7 Å². The van der Waals surface area contributed by atoms with Crippen molar-refractivity contribution < 1.29 is 14.3 Å². The van der Waals surface area contributed by atoms with Crippen molar-refractivity contribution in [2.45, 2.75) is 13.0 Å². The molecule has 0 aromatic heterocycles. The normalized spacial score (nSPS) is 10.3. The lowest BCUT2D eigenvalue weighted by Crippen LogP contribution is -2.16. The third-order valence-electron chi connectivity index (χ3n) is 3.43. The standard InChI is InChI=1S/C18H21NO3/c1-21-17-5-3-4-14(12-17)10-11-19-13-15-6-8-16(9-7-15)18(20)22-2/h3-9,12,19H,10-11,13H2,1-2H3. The lowest BCUT2D eigenvalue weighted by atomic mass is 10.1. The molecule has 2 aromatic carbocycles. The summed E-state index contributed by atoms with van der Waals surface area (Å²) < 4.78 is 9.89. The molecule has 4 nitrogen and oxygen atoms in total. The van der Waals surface area contributed by atoms with Crippen molar-refractivity contribution in [2.24, 2.45) is 0 Å². The average Bonchev–Trinajstić information content (AvgIpc) is 2.58. The number of carbonyl (C=O) groups excluding carboxylic acids is 1. The predicted molar refractivity (Wildman–Crippen MR) is 86.2 cm³/mol. The van der Waals surface area contributed by atoms with E-state index in [4.69, 9.17) is 4.74 Å². The number of carbonyl (C=O) groups is 1. The maximum atomic E-state index is 11.3. The smallest absolute Gasteiger partial charge is 0.337 e. The van der Waals surface area contributed by atoms with Crippen molar-refractivity contribution in [2.75, 3.05) is 20.8 Å². The average molecular weight is 299 g/mol. The first-order valence-corrected chi connectivity index (χ1v) is 7.24. The van der Waals surface area contributed by atoms with Gasteiger partial charge in [0.05, 0.1) is 19.8 Å². The number of hydrogen-bond acceptors (Lipinski definition) is 4. The highest BCUT2D eigenvalue weighted by Crippen LogP contribution is 2.12. The number of benzene rings is 2. The summed E-state index contributed by atoms with van der Waals surface area (Å²) in [6, 6.07) is 15.5. The lowest BCUT2D eigenvalue weighted by molar-refractivity contribution is 0.0600. The fourth-order valence-electron chi connectivity index (χ4n) is 2.17. The van der Waals surface area contributed by atoms with Crippen LogP contribution in [0.2, 0.25) is 0 Å². The van der Waals surface area contributed by atoms with Gasteiger partial charge in [0, 0.05) is 6.54 Å². The van der Waals surface area contributed by atoms with Crippen LogP contribution in [0.1, 0.15) is 21.5 Å². The fourth-order valence-corrected chi connectivity index (χ4v) is 2.17. The summed E-state index contributed by atoms with van der Waals surface area (Å²) in [5.41, 5.74) is 2.95. The molecule has 2 rings (SSSR count). The van der Waals surface area contributed by atoms with Gasteiger partial charge in [-0.05, 0) is 48.4 Å². The highest BCUT2D eigenvalue weighted by molar-refractivity contribution is 5.89. The summed E-state index contributed by atoms with van der Waals surface area (Å²) in [6.45, 7) is 1.65. The number of rotatable bonds is 7. The SMILES string of the molecule is COC(=O)c1ccc(CNCCc2cccc(OC)c2)cc1. The first-order valence-electron chi connectivity index (χ1n) is 7.24. The number of hydrogen-bond donors (Lipinski definition) is 1. The second-order valence-electron chi connectivity index (χ2n) is 4.97. The van der Waals surface area contributed by atoms with Crippen LogP contribution >= 0.6 is 0 Å². The summed E-state index contributed by atoms with van der Waals surface area (Å²) in [5, 5.41) is 3.39. The van der Waals surface area contributed by atoms with E-state index in [1.165, 1.54) is 12.7 Å². The fraction of sp³-hybridized carbons (Fsp3) is 0.278. The summed E-state index contributed by atoms with van der Waals surface area (Å²) in [4.78, 5) is 11.3. The van der Waals surface area contributed by atoms with Gasteiger partial charge in [-0.25, -0.2) is 4.79 Å². The van der Waals surface area contributed by atoms with Crippen molar-refractivity contribution in [3.63, 3.8) is 0 Å². The Morgan fingerprint density at radius 2 is 1.82 bits per heavy atom. The molecule has 116 valence electrons.